The summed E-state index contributed by atoms with van der Waals surface area (Å²) in [6.07, 6.45) is 5.23. The average Bonchev–Trinajstić information content (AvgIpc) is 2.53. The number of unbranched alkanes of at least 4 members (excludes halogenated alkanes) is 1. The number of hydrogen-bond acceptors (Lipinski definition) is 3. The molecule has 3 heteroatoms. The smallest absolute Gasteiger partial charge is 0.311 e. The van der Waals surface area contributed by atoms with Gasteiger partial charge in [0.05, 0.1) is 6.26 Å². The second-order valence-electron chi connectivity index (χ2n) is 2.54. The Morgan fingerprint density at radius 1 is 1.67 bits per heavy atom. The highest BCUT2D eigenvalue weighted by Gasteiger charge is 2.03. The minimum Gasteiger partial charge on any atom is -0.469 e. The number of carbonyl (C=O) groups is 1. The van der Waals surface area contributed by atoms with Crippen molar-refractivity contribution in [2.75, 3.05) is 0 Å². The molecule has 0 aliphatic carbocycles. The first-order chi connectivity index (χ1) is 5.83. The molecule has 0 spiro atoms. The second-order valence-corrected chi connectivity index (χ2v) is 2.54. The van der Waals surface area contributed by atoms with Gasteiger partial charge in [0.25, 0.3) is 0 Å². The molecule has 0 bridgehead atoms. The summed E-state index contributed by atoms with van der Waals surface area (Å²) >= 11 is 0. The predicted octanol–water partition coefficient (Wildman–Crippen LogP) is 2.38. The number of esters is 1. The fourth-order valence-corrected chi connectivity index (χ4v) is 0.814. The van der Waals surface area contributed by atoms with Crippen LogP contribution in [0.5, 0.6) is 5.75 Å². The maximum absolute atomic E-state index is 11.0. The third-order valence-corrected chi connectivity index (χ3v) is 1.46. The molecular formula is C9H12O3. The van der Waals surface area contributed by atoms with Crippen molar-refractivity contribution in [3.63, 3.8) is 0 Å². The van der Waals surface area contributed by atoms with E-state index < -0.39 is 0 Å². The zero-order chi connectivity index (χ0) is 8.81. The topological polar surface area (TPSA) is 39.4 Å². The van der Waals surface area contributed by atoms with Gasteiger partial charge < -0.3 is 9.15 Å². The van der Waals surface area contributed by atoms with Crippen LogP contribution in [0.25, 0.3) is 0 Å². The van der Waals surface area contributed by atoms with E-state index in [1.807, 2.05) is 6.92 Å². The van der Waals surface area contributed by atoms with Crippen LogP contribution < -0.4 is 4.74 Å². The van der Waals surface area contributed by atoms with Gasteiger partial charge >= 0.3 is 5.97 Å². The summed E-state index contributed by atoms with van der Waals surface area (Å²) in [5.74, 6) is 0.286. The van der Waals surface area contributed by atoms with Crippen LogP contribution in [0, 0.1) is 0 Å². The summed E-state index contributed by atoms with van der Waals surface area (Å²) in [6, 6.07) is 1.61. The van der Waals surface area contributed by atoms with Crippen LogP contribution in [-0.2, 0) is 4.79 Å². The number of furan rings is 1. The fraction of sp³-hybridized carbons (Fsp3) is 0.444. The average molecular weight is 168 g/mol. The number of hydrogen-bond donors (Lipinski definition) is 0. The lowest BCUT2D eigenvalue weighted by molar-refractivity contribution is -0.134. The van der Waals surface area contributed by atoms with Crippen LogP contribution in [0.4, 0.5) is 0 Å². The van der Waals surface area contributed by atoms with E-state index in [0.29, 0.717) is 12.2 Å². The van der Waals surface area contributed by atoms with Gasteiger partial charge in [-0.25, -0.2) is 0 Å². The monoisotopic (exact) mass is 168 g/mol. The van der Waals surface area contributed by atoms with E-state index in [4.69, 9.17) is 9.15 Å². The molecule has 1 aromatic heterocycles. The molecule has 0 aromatic carbocycles. The van der Waals surface area contributed by atoms with Crippen molar-refractivity contribution < 1.29 is 13.9 Å². The Labute approximate surface area is 71.3 Å². The van der Waals surface area contributed by atoms with Gasteiger partial charge in [-0.3, -0.25) is 4.79 Å². The third-order valence-electron chi connectivity index (χ3n) is 1.46. The molecule has 1 aromatic rings. The van der Waals surface area contributed by atoms with E-state index in [-0.39, 0.29) is 5.97 Å². The van der Waals surface area contributed by atoms with E-state index in [1.54, 1.807) is 6.07 Å². The summed E-state index contributed by atoms with van der Waals surface area (Å²) < 4.78 is 9.67. The Morgan fingerprint density at radius 2 is 2.50 bits per heavy atom. The number of ether oxygens (including phenoxy) is 1. The molecule has 0 radical (unpaired) electrons. The molecule has 0 atom stereocenters. The van der Waals surface area contributed by atoms with E-state index >= 15 is 0 Å². The first kappa shape index (κ1) is 8.84. The Morgan fingerprint density at radius 3 is 3.08 bits per heavy atom. The van der Waals surface area contributed by atoms with E-state index in [0.717, 1.165) is 12.8 Å². The zero-order valence-corrected chi connectivity index (χ0v) is 7.08. The highest BCUT2D eigenvalue weighted by molar-refractivity contribution is 5.72. The summed E-state index contributed by atoms with van der Waals surface area (Å²) in [6.45, 7) is 2.03. The Hall–Kier alpha value is -1.25. The van der Waals surface area contributed by atoms with Crippen molar-refractivity contribution in [2.24, 2.45) is 0 Å². The van der Waals surface area contributed by atoms with E-state index in [9.17, 15) is 4.79 Å². The maximum Gasteiger partial charge on any atom is 0.311 e. The van der Waals surface area contributed by atoms with Crippen molar-refractivity contribution >= 4 is 5.97 Å². The number of carbonyl (C=O) groups excluding carboxylic acids is 1. The van der Waals surface area contributed by atoms with Gasteiger partial charge in [0, 0.05) is 12.5 Å². The highest BCUT2D eigenvalue weighted by atomic mass is 16.5. The normalized spacial score (nSPS) is 9.75. The predicted molar refractivity (Wildman–Crippen MR) is 43.9 cm³/mol. The molecule has 1 rings (SSSR count). The molecule has 0 unspecified atom stereocenters. The quantitative estimate of drug-likeness (QED) is 0.648. The Bertz CT molecular complexity index is 226. The summed E-state index contributed by atoms with van der Waals surface area (Å²) in [4.78, 5) is 11.0. The minimum atomic E-state index is -0.196. The third kappa shape index (κ3) is 2.78. The molecule has 0 N–H and O–H groups in total. The van der Waals surface area contributed by atoms with Gasteiger partial charge in [-0.15, -0.1) is 0 Å². The van der Waals surface area contributed by atoms with Crippen LogP contribution in [-0.4, -0.2) is 5.97 Å². The molecule has 1 heterocycles. The van der Waals surface area contributed by atoms with Gasteiger partial charge in [-0.2, -0.15) is 0 Å². The van der Waals surface area contributed by atoms with Crippen LogP contribution in [0.2, 0.25) is 0 Å². The lowest BCUT2D eigenvalue weighted by Gasteiger charge is -1.98. The maximum atomic E-state index is 11.0. The first-order valence-corrected chi connectivity index (χ1v) is 4.06. The molecule has 0 saturated carbocycles. The highest BCUT2D eigenvalue weighted by Crippen LogP contribution is 2.11. The van der Waals surface area contributed by atoms with Crippen LogP contribution >= 0.6 is 0 Å². The molecule has 3 nitrogen and oxygen atoms in total. The molecule has 12 heavy (non-hydrogen) atoms. The van der Waals surface area contributed by atoms with Crippen molar-refractivity contribution in [3.8, 4) is 5.75 Å². The van der Waals surface area contributed by atoms with Gasteiger partial charge in [0.15, 0.2) is 5.75 Å². The SMILES string of the molecule is CCCCC(=O)Oc1ccoc1. The molecular weight excluding hydrogens is 156 g/mol. The van der Waals surface area contributed by atoms with Gasteiger partial charge in [0.2, 0.25) is 0 Å². The van der Waals surface area contributed by atoms with E-state index in [2.05, 4.69) is 0 Å². The van der Waals surface area contributed by atoms with Crippen LogP contribution in [0.1, 0.15) is 26.2 Å². The number of rotatable bonds is 4. The van der Waals surface area contributed by atoms with Crippen molar-refractivity contribution in [2.45, 2.75) is 26.2 Å². The van der Waals surface area contributed by atoms with Crippen LogP contribution in [0.3, 0.4) is 0 Å². The van der Waals surface area contributed by atoms with Crippen molar-refractivity contribution in [1.29, 1.82) is 0 Å². The summed E-state index contributed by atoms with van der Waals surface area (Å²) in [5, 5.41) is 0. The molecule has 0 fully saturated rings. The lowest BCUT2D eigenvalue weighted by Crippen LogP contribution is -2.06. The van der Waals surface area contributed by atoms with Gasteiger partial charge in [-0.05, 0) is 6.42 Å². The molecule has 0 amide bonds. The molecule has 0 aliphatic rings. The van der Waals surface area contributed by atoms with Gasteiger partial charge in [0.1, 0.15) is 6.26 Å². The summed E-state index contributed by atoms with van der Waals surface area (Å²) in [5.41, 5.74) is 0. The lowest BCUT2D eigenvalue weighted by atomic mass is 10.2. The zero-order valence-electron chi connectivity index (χ0n) is 7.08. The Balaban J connectivity index is 2.27. The Kier molecular flexibility index (Phi) is 3.38. The largest absolute Gasteiger partial charge is 0.469 e. The van der Waals surface area contributed by atoms with Crippen molar-refractivity contribution in [1.82, 2.24) is 0 Å². The van der Waals surface area contributed by atoms with Crippen LogP contribution in [0.15, 0.2) is 23.0 Å². The molecule has 66 valence electrons. The molecule has 0 aliphatic heterocycles. The molecule has 0 saturated heterocycles. The second kappa shape index (κ2) is 4.59. The minimum absolute atomic E-state index is 0.196. The summed E-state index contributed by atoms with van der Waals surface area (Å²) in [7, 11) is 0. The van der Waals surface area contributed by atoms with E-state index in [1.165, 1.54) is 12.5 Å². The first-order valence-electron chi connectivity index (χ1n) is 4.06. The van der Waals surface area contributed by atoms with Crippen molar-refractivity contribution in [3.05, 3.63) is 18.6 Å². The fourth-order valence-electron chi connectivity index (χ4n) is 0.814. The standard InChI is InChI=1S/C9H12O3/c1-2-3-4-9(10)12-8-5-6-11-7-8/h5-7H,2-4H2,1H3. The van der Waals surface area contributed by atoms with Gasteiger partial charge in [-0.1, -0.05) is 13.3 Å².